The van der Waals surface area contributed by atoms with Crippen molar-refractivity contribution in [1.29, 1.82) is 0 Å². The molecule has 1 fully saturated rings. The van der Waals surface area contributed by atoms with Gasteiger partial charge in [-0.2, -0.15) is 13.2 Å². The van der Waals surface area contributed by atoms with Gasteiger partial charge in [-0.25, -0.2) is 18.3 Å². The molecule has 0 bridgehead atoms. The van der Waals surface area contributed by atoms with Gasteiger partial charge in [0.2, 0.25) is 6.41 Å². The highest BCUT2D eigenvalue weighted by atomic mass is 32.2. The zero-order valence-electron chi connectivity index (χ0n) is 20.0. The third kappa shape index (κ3) is 5.85. The summed E-state index contributed by atoms with van der Waals surface area (Å²) in [4.78, 5) is 38.1. The molecule has 0 aromatic heterocycles. The summed E-state index contributed by atoms with van der Waals surface area (Å²) in [6.07, 6.45) is -4.52. The highest BCUT2D eigenvalue weighted by molar-refractivity contribution is 7.91. The van der Waals surface area contributed by atoms with Crippen LogP contribution in [0, 0.1) is 0 Å². The molecular formula is C23H24F3N3O7S. The summed E-state index contributed by atoms with van der Waals surface area (Å²) in [5, 5.41) is 10.1. The third-order valence-electron chi connectivity index (χ3n) is 6.01. The van der Waals surface area contributed by atoms with Gasteiger partial charge >= 0.3 is 12.2 Å². The molecule has 14 heteroatoms. The van der Waals surface area contributed by atoms with Crippen LogP contribution in [-0.2, 0) is 25.6 Å². The van der Waals surface area contributed by atoms with Crippen LogP contribution in [0.1, 0.15) is 19.4 Å². The Hall–Kier alpha value is -3.65. The predicted molar refractivity (Wildman–Crippen MR) is 122 cm³/mol. The van der Waals surface area contributed by atoms with Gasteiger partial charge in [0.25, 0.3) is 5.91 Å². The van der Waals surface area contributed by atoms with E-state index in [0.29, 0.717) is 0 Å². The molecule has 1 atom stereocenters. The number of halogens is 3. The summed E-state index contributed by atoms with van der Waals surface area (Å²) in [6, 6.07) is 6.67. The average molecular weight is 544 g/mol. The number of benzene rings is 2. The first kappa shape index (κ1) is 27.9. The highest BCUT2D eigenvalue weighted by Crippen LogP contribution is 2.32. The lowest BCUT2D eigenvalue weighted by Gasteiger charge is -2.26. The normalized spacial score (nSPS) is 16.6. The van der Waals surface area contributed by atoms with Gasteiger partial charge in [-0.15, -0.1) is 0 Å². The minimum Gasteiger partial charge on any atom is -0.457 e. The summed E-state index contributed by atoms with van der Waals surface area (Å²) < 4.78 is 69.5. The Morgan fingerprint density at radius 3 is 2.00 bits per heavy atom. The molecule has 1 aliphatic heterocycles. The van der Waals surface area contributed by atoms with Crippen LogP contribution in [0.25, 0.3) is 0 Å². The number of carbonyl (C=O) groups is 3. The summed E-state index contributed by atoms with van der Waals surface area (Å²) >= 11 is 0. The topological polar surface area (TPSA) is 125 Å². The second kappa shape index (κ2) is 10.0. The third-order valence-corrected chi connectivity index (χ3v) is 7.83. The largest absolute Gasteiger partial charge is 0.457 e. The van der Waals surface area contributed by atoms with E-state index in [4.69, 9.17) is 4.74 Å². The maximum absolute atomic E-state index is 13.0. The van der Waals surface area contributed by atoms with Gasteiger partial charge in [0.15, 0.2) is 9.84 Å². The van der Waals surface area contributed by atoms with Crippen LogP contribution in [0.4, 0.5) is 18.0 Å². The lowest BCUT2D eigenvalue weighted by Crippen LogP contribution is -2.48. The minimum atomic E-state index is -4.50. The molecule has 0 saturated carbocycles. The molecule has 4 amide bonds. The van der Waals surface area contributed by atoms with E-state index >= 15 is 0 Å². The minimum absolute atomic E-state index is 0.0267. The number of sulfone groups is 1. The van der Waals surface area contributed by atoms with E-state index in [-0.39, 0.29) is 27.9 Å². The number of hydroxylamine groups is 2. The van der Waals surface area contributed by atoms with E-state index in [0.717, 1.165) is 29.2 Å². The molecule has 1 unspecified atom stereocenters. The Morgan fingerprint density at radius 2 is 1.57 bits per heavy atom. The van der Waals surface area contributed by atoms with Crippen molar-refractivity contribution < 1.29 is 45.9 Å². The van der Waals surface area contributed by atoms with E-state index in [1.54, 1.807) is 0 Å². The van der Waals surface area contributed by atoms with Gasteiger partial charge in [-0.05, 0) is 62.4 Å². The van der Waals surface area contributed by atoms with Crippen molar-refractivity contribution in [1.82, 2.24) is 14.9 Å². The predicted octanol–water partition coefficient (Wildman–Crippen LogP) is 3.16. The molecule has 200 valence electrons. The molecular weight excluding hydrogens is 519 g/mol. The molecule has 10 nitrogen and oxygen atoms in total. The zero-order valence-corrected chi connectivity index (χ0v) is 20.8. The Bertz CT molecular complexity index is 1280. The number of likely N-dealkylation sites (N-methyl/N-ethyl adjacent to an activating group) is 1. The summed E-state index contributed by atoms with van der Waals surface area (Å²) in [5.41, 5.74) is -2.04. The number of carbonyl (C=O) groups excluding carboxylic acids is 3. The number of urea groups is 1. The molecule has 3 rings (SSSR count). The highest BCUT2D eigenvalue weighted by Gasteiger charge is 2.50. The lowest BCUT2D eigenvalue weighted by atomic mass is 10.1. The number of alkyl halides is 3. The first-order valence-electron chi connectivity index (χ1n) is 10.8. The number of hydrogen-bond donors (Lipinski definition) is 1. The maximum Gasteiger partial charge on any atom is 0.416 e. The fraction of sp³-hybridized carbons (Fsp3) is 0.348. The Kier molecular flexibility index (Phi) is 7.56. The van der Waals surface area contributed by atoms with Crippen LogP contribution in [-0.4, -0.2) is 77.8 Å². The number of imide groups is 1. The first-order chi connectivity index (χ1) is 17.1. The smallest absolute Gasteiger partial charge is 0.416 e. The molecule has 1 aliphatic rings. The summed E-state index contributed by atoms with van der Waals surface area (Å²) in [7, 11) is -2.75. The standard InChI is InChI=1S/C23H24F3N3O7S/c1-22(2)20(31)28(21(32)27(22)3)12-16(29(33)14-30)13-37(34,35)19-10-8-18(9-11-19)36-17-6-4-15(5-7-17)23(24,25)26/h4-11,14,16,33H,12-13H2,1-3H3. The molecule has 1 N–H and O–H groups in total. The summed E-state index contributed by atoms with van der Waals surface area (Å²) in [5.74, 6) is -1.20. The van der Waals surface area contributed by atoms with Crippen LogP contribution in [0.3, 0.4) is 0 Å². The van der Waals surface area contributed by atoms with Gasteiger partial charge in [0.1, 0.15) is 17.0 Å². The molecule has 2 aromatic rings. The quantitative estimate of drug-likeness (QED) is 0.223. The van der Waals surface area contributed by atoms with Crippen LogP contribution >= 0.6 is 0 Å². The number of ether oxygens (including phenoxy) is 1. The van der Waals surface area contributed by atoms with Gasteiger partial charge in [0, 0.05) is 7.05 Å². The lowest BCUT2D eigenvalue weighted by molar-refractivity contribution is -0.160. The van der Waals surface area contributed by atoms with E-state index in [1.165, 1.54) is 50.1 Å². The molecule has 1 saturated heterocycles. The van der Waals surface area contributed by atoms with Gasteiger partial charge in [-0.1, -0.05) is 0 Å². The van der Waals surface area contributed by atoms with Crippen molar-refractivity contribution in [3.63, 3.8) is 0 Å². The second-order valence-electron chi connectivity index (χ2n) is 8.83. The fourth-order valence-electron chi connectivity index (χ4n) is 3.56. The van der Waals surface area contributed by atoms with E-state index < -0.39 is 57.4 Å². The molecule has 0 aliphatic carbocycles. The van der Waals surface area contributed by atoms with Crippen molar-refractivity contribution in [3.8, 4) is 11.5 Å². The molecule has 2 aromatic carbocycles. The average Bonchev–Trinajstić information content (AvgIpc) is 2.97. The number of rotatable bonds is 9. The molecule has 0 radical (unpaired) electrons. The second-order valence-corrected chi connectivity index (χ2v) is 10.9. The van der Waals surface area contributed by atoms with E-state index in [1.807, 2.05) is 0 Å². The van der Waals surface area contributed by atoms with Gasteiger partial charge < -0.3 is 9.64 Å². The zero-order chi connectivity index (χ0) is 27.8. The Balaban J connectivity index is 1.75. The van der Waals surface area contributed by atoms with Crippen LogP contribution < -0.4 is 4.74 Å². The Labute approximate surface area is 210 Å². The number of nitrogens with zero attached hydrogens (tertiary/aromatic N) is 3. The molecule has 0 spiro atoms. The van der Waals surface area contributed by atoms with Crippen molar-refractivity contribution in [2.75, 3.05) is 19.3 Å². The van der Waals surface area contributed by atoms with Crippen molar-refractivity contribution in [2.24, 2.45) is 0 Å². The van der Waals surface area contributed by atoms with Crippen molar-refractivity contribution in [3.05, 3.63) is 54.1 Å². The van der Waals surface area contributed by atoms with Crippen molar-refractivity contribution >= 4 is 28.2 Å². The van der Waals surface area contributed by atoms with Crippen LogP contribution in [0.5, 0.6) is 11.5 Å². The van der Waals surface area contributed by atoms with E-state index in [2.05, 4.69) is 0 Å². The van der Waals surface area contributed by atoms with Crippen LogP contribution in [0.15, 0.2) is 53.4 Å². The van der Waals surface area contributed by atoms with Crippen molar-refractivity contribution in [2.45, 2.75) is 36.5 Å². The SMILES string of the molecule is CN1C(=O)N(CC(CS(=O)(=O)c2ccc(Oc3ccc(C(F)(F)F)cc3)cc2)N(O)C=O)C(=O)C1(C)C. The van der Waals surface area contributed by atoms with Gasteiger partial charge in [-0.3, -0.25) is 19.7 Å². The molecule has 1 heterocycles. The fourth-order valence-corrected chi connectivity index (χ4v) is 5.07. The van der Waals surface area contributed by atoms with Gasteiger partial charge in [0.05, 0.1) is 28.8 Å². The number of hydrogen-bond acceptors (Lipinski definition) is 7. The Morgan fingerprint density at radius 1 is 1.05 bits per heavy atom. The maximum atomic E-state index is 13.0. The first-order valence-corrected chi connectivity index (χ1v) is 12.4. The summed E-state index contributed by atoms with van der Waals surface area (Å²) in [6.45, 7) is 2.45. The molecule has 37 heavy (non-hydrogen) atoms. The van der Waals surface area contributed by atoms with E-state index in [9.17, 15) is 41.2 Å². The van der Waals surface area contributed by atoms with Crippen LogP contribution in [0.2, 0.25) is 0 Å². The number of amides is 4. The monoisotopic (exact) mass is 543 g/mol.